The second kappa shape index (κ2) is 4.73. The van der Waals surface area contributed by atoms with E-state index in [0.717, 1.165) is 29.7 Å². The highest BCUT2D eigenvalue weighted by Gasteiger charge is 2.50. The quantitative estimate of drug-likeness (QED) is 0.759. The van der Waals surface area contributed by atoms with E-state index in [1.807, 2.05) is 23.5 Å². The van der Waals surface area contributed by atoms with Gasteiger partial charge in [0.2, 0.25) is 0 Å². The first-order chi connectivity index (χ1) is 8.81. The molecule has 5 aliphatic rings. The highest BCUT2D eigenvalue weighted by atomic mass is 32.2. The maximum atomic E-state index is 4.56. The third-order valence-electron chi connectivity index (χ3n) is 5.58. The fourth-order valence-electron chi connectivity index (χ4n) is 5.35. The molecule has 0 atom stereocenters. The van der Waals surface area contributed by atoms with Crippen LogP contribution in [0.5, 0.6) is 0 Å². The maximum absolute atomic E-state index is 4.56. The molecule has 5 rings (SSSR count). The molecule has 0 spiro atoms. The van der Waals surface area contributed by atoms with E-state index in [2.05, 4.69) is 4.99 Å². The zero-order valence-electron chi connectivity index (χ0n) is 11.1. The summed E-state index contributed by atoms with van der Waals surface area (Å²) in [6, 6.07) is 0. The zero-order chi connectivity index (χ0) is 12.0. The van der Waals surface area contributed by atoms with Crippen molar-refractivity contribution in [3.8, 4) is 0 Å². The Bertz CT molecular complexity index is 328. The Morgan fingerprint density at radius 1 is 1.11 bits per heavy atom. The van der Waals surface area contributed by atoms with Crippen LogP contribution in [0.1, 0.15) is 44.9 Å². The van der Waals surface area contributed by atoms with Crippen molar-refractivity contribution in [3.05, 3.63) is 0 Å². The molecule has 1 nitrogen and oxygen atoms in total. The van der Waals surface area contributed by atoms with Crippen molar-refractivity contribution in [2.45, 2.75) is 44.9 Å². The molecule has 0 aromatic carbocycles. The van der Waals surface area contributed by atoms with E-state index >= 15 is 0 Å². The van der Waals surface area contributed by atoms with Gasteiger partial charge in [-0.2, -0.15) is 0 Å². The van der Waals surface area contributed by atoms with E-state index in [4.69, 9.17) is 0 Å². The molecule has 1 heterocycles. The minimum Gasteiger partial charge on any atom is -0.271 e. The molecular formula is C15H23NS2. The van der Waals surface area contributed by atoms with E-state index in [9.17, 15) is 0 Å². The first-order valence-electron chi connectivity index (χ1n) is 7.61. The summed E-state index contributed by atoms with van der Waals surface area (Å²) in [6.45, 7) is 1.06. The number of nitrogens with zero attached hydrogens (tertiary/aromatic N) is 1. The van der Waals surface area contributed by atoms with Gasteiger partial charge in [0.25, 0.3) is 0 Å². The largest absolute Gasteiger partial charge is 0.271 e. The Kier molecular flexibility index (Phi) is 3.19. The highest BCUT2D eigenvalue weighted by molar-refractivity contribution is 8.39. The third-order valence-corrected chi connectivity index (χ3v) is 7.83. The second-order valence-electron chi connectivity index (χ2n) is 7.01. The van der Waals surface area contributed by atoms with E-state index in [1.54, 1.807) is 38.5 Å². The van der Waals surface area contributed by atoms with Crippen LogP contribution in [-0.4, -0.2) is 22.4 Å². The first-order valence-corrected chi connectivity index (χ1v) is 9.59. The second-order valence-corrected chi connectivity index (χ2v) is 9.44. The lowest BCUT2D eigenvalue weighted by atomic mass is 9.49. The van der Waals surface area contributed by atoms with Crippen LogP contribution < -0.4 is 0 Å². The Morgan fingerprint density at radius 2 is 1.78 bits per heavy atom. The first kappa shape index (κ1) is 12.1. The number of thioether (sulfide) groups is 2. The molecule has 4 bridgehead atoms. The van der Waals surface area contributed by atoms with Gasteiger partial charge in [-0.05, 0) is 68.1 Å². The molecule has 0 aromatic heterocycles. The van der Waals surface area contributed by atoms with Crippen molar-refractivity contribution in [3.63, 3.8) is 0 Å². The lowest BCUT2D eigenvalue weighted by molar-refractivity contribution is -0.0538. The number of hydrogen-bond acceptors (Lipinski definition) is 3. The Hall–Kier alpha value is 0.370. The average molecular weight is 281 g/mol. The SMILES string of the molecule is C1CSC(SCCC23CC4CC(CC(C4)C2)C3)=N1. The van der Waals surface area contributed by atoms with E-state index < -0.39 is 0 Å². The fourth-order valence-corrected chi connectivity index (χ4v) is 7.62. The summed E-state index contributed by atoms with van der Waals surface area (Å²) >= 11 is 4.02. The molecular weight excluding hydrogens is 258 g/mol. The van der Waals surface area contributed by atoms with Crippen LogP contribution in [0.15, 0.2) is 4.99 Å². The Balaban J connectivity index is 1.36. The summed E-state index contributed by atoms with van der Waals surface area (Å²) in [5, 5.41) is 0. The van der Waals surface area contributed by atoms with Crippen molar-refractivity contribution < 1.29 is 0 Å². The lowest BCUT2D eigenvalue weighted by Crippen LogP contribution is -2.46. The molecule has 1 aliphatic heterocycles. The number of hydrogen-bond donors (Lipinski definition) is 0. The summed E-state index contributed by atoms with van der Waals surface area (Å²) in [6.07, 6.45) is 10.9. The minimum absolute atomic E-state index is 0.769. The summed E-state index contributed by atoms with van der Waals surface area (Å²) < 4.78 is 1.37. The van der Waals surface area contributed by atoms with Gasteiger partial charge in [-0.25, -0.2) is 0 Å². The van der Waals surface area contributed by atoms with Crippen LogP contribution in [-0.2, 0) is 0 Å². The molecule has 0 amide bonds. The van der Waals surface area contributed by atoms with Crippen molar-refractivity contribution >= 4 is 27.9 Å². The van der Waals surface area contributed by atoms with Gasteiger partial charge in [-0.15, -0.1) is 0 Å². The van der Waals surface area contributed by atoms with Gasteiger partial charge in [0.1, 0.15) is 4.38 Å². The van der Waals surface area contributed by atoms with Crippen LogP contribution in [0.2, 0.25) is 0 Å². The van der Waals surface area contributed by atoms with E-state index in [1.165, 1.54) is 22.3 Å². The molecule has 0 N–H and O–H groups in total. The standard InChI is InChI=1S/C15H23NS2/c1(3-17-14-16-2-4-18-14)15-8-11-5-12(9-15)7-13(6-11)10-15/h11-13H,1-10H2. The highest BCUT2D eigenvalue weighted by Crippen LogP contribution is 2.61. The summed E-state index contributed by atoms with van der Waals surface area (Å²) in [5.41, 5.74) is 0.769. The normalized spacial score (nSPS) is 45.6. The summed E-state index contributed by atoms with van der Waals surface area (Å²) in [7, 11) is 0. The van der Waals surface area contributed by atoms with Crippen molar-refractivity contribution in [2.75, 3.05) is 18.1 Å². The van der Waals surface area contributed by atoms with Crippen LogP contribution >= 0.6 is 23.5 Å². The molecule has 100 valence electrons. The van der Waals surface area contributed by atoms with E-state index in [0.29, 0.717) is 0 Å². The van der Waals surface area contributed by atoms with Crippen LogP contribution in [0.4, 0.5) is 0 Å². The fraction of sp³-hybridized carbons (Fsp3) is 0.933. The Morgan fingerprint density at radius 3 is 2.33 bits per heavy atom. The van der Waals surface area contributed by atoms with Crippen molar-refractivity contribution in [1.29, 1.82) is 0 Å². The van der Waals surface area contributed by atoms with Crippen LogP contribution in [0.25, 0.3) is 0 Å². The van der Waals surface area contributed by atoms with Gasteiger partial charge < -0.3 is 0 Å². The molecule has 0 radical (unpaired) electrons. The average Bonchev–Trinajstić information content (AvgIpc) is 2.79. The van der Waals surface area contributed by atoms with Gasteiger partial charge in [0.15, 0.2) is 0 Å². The van der Waals surface area contributed by atoms with Crippen LogP contribution in [0.3, 0.4) is 0 Å². The van der Waals surface area contributed by atoms with Gasteiger partial charge in [-0.3, -0.25) is 4.99 Å². The Labute approximate surface area is 119 Å². The van der Waals surface area contributed by atoms with Gasteiger partial charge >= 0.3 is 0 Å². The summed E-state index contributed by atoms with van der Waals surface area (Å²) in [4.78, 5) is 4.56. The molecule has 4 aliphatic carbocycles. The number of aliphatic imine (C=N–C) groups is 1. The topological polar surface area (TPSA) is 12.4 Å². The lowest BCUT2D eigenvalue weighted by Gasteiger charge is -2.57. The van der Waals surface area contributed by atoms with Gasteiger partial charge in [0.05, 0.1) is 6.54 Å². The molecule has 3 heteroatoms. The predicted octanol–water partition coefficient (Wildman–Crippen LogP) is 4.43. The molecule has 4 saturated carbocycles. The van der Waals surface area contributed by atoms with Crippen LogP contribution in [0, 0.1) is 23.2 Å². The molecule has 4 fully saturated rings. The zero-order valence-corrected chi connectivity index (χ0v) is 12.7. The van der Waals surface area contributed by atoms with Crippen molar-refractivity contribution in [2.24, 2.45) is 28.2 Å². The van der Waals surface area contributed by atoms with E-state index in [-0.39, 0.29) is 0 Å². The smallest absolute Gasteiger partial charge is 0.124 e. The molecule has 0 unspecified atom stereocenters. The molecule has 0 aromatic rings. The van der Waals surface area contributed by atoms with Gasteiger partial charge in [-0.1, -0.05) is 23.5 Å². The third kappa shape index (κ3) is 2.26. The van der Waals surface area contributed by atoms with Gasteiger partial charge in [0, 0.05) is 11.5 Å². The number of rotatable bonds is 3. The van der Waals surface area contributed by atoms with Crippen molar-refractivity contribution in [1.82, 2.24) is 0 Å². The summed E-state index contributed by atoms with van der Waals surface area (Å²) in [5.74, 6) is 5.89. The molecule has 18 heavy (non-hydrogen) atoms. The predicted molar refractivity (Wildman–Crippen MR) is 82.4 cm³/mol. The minimum atomic E-state index is 0.769. The monoisotopic (exact) mass is 281 g/mol. The maximum Gasteiger partial charge on any atom is 0.124 e. The molecule has 0 saturated heterocycles.